The lowest BCUT2D eigenvalue weighted by Gasteiger charge is -2.17. The number of hydrogen-bond acceptors (Lipinski definition) is 2. The molecule has 0 atom stereocenters. The molecule has 0 aliphatic heterocycles. The number of hydrogen-bond donors (Lipinski definition) is 1. The number of amides is 1. The summed E-state index contributed by atoms with van der Waals surface area (Å²) in [5.74, 6) is -0.0897. The second kappa shape index (κ2) is 4.89. The fourth-order valence-corrected chi connectivity index (χ4v) is 1.37. The van der Waals surface area contributed by atoms with Crippen molar-refractivity contribution < 1.29 is 4.79 Å². The van der Waals surface area contributed by atoms with Gasteiger partial charge in [-0.3, -0.25) is 4.79 Å². The Hall–Kier alpha value is -1.42. The number of nitrogens with zero attached hydrogens (tertiary/aromatic N) is 1. The lowest BCUT2D eigenvalue weighted by molar-refractivity contribution is -0.117. The van der Waals surface area contributed by atoms with Crippen molar-refractivity contribution in [2.75, 3.05) is 11.9 Å². The monoisotopic (exact) mass is 222 g/mol. The molecule has 0 saturated carbocycles. The van der Waals surface area contributed by atoms with Gasteiger partial charge in [-0.1, -0.05) is 24.4 Å². The lowest BCUT2D eigenvalue weighted by Crippen LogP contribution is -2.29. The molecule has 0 aliphatic carbocycles. The number of carbonyl (C=O) groups excluding carboxylic acids is 1. The van der Waals surface area contributed by atoms with E-state index in [1.165, 1.54) is 0 Å². The van der Waals surface area contributed by atoms with Crippen LogP contribution in [0.3, 0.4) is 0 Å². The third kappa shape index (κ3) is 3.32. The summed E-state index contributed by atoms with van der Waals surface area (Å²) >= 11 is 4.70. The van der Waals surface area contributed by atoms with Crippen molar-refractivity contribution in [2.24, 2.45) is 5.73 Å². The molecular formula is C11H14N2OS. The van der Waals surface area contributed by atoms with E-state index in [9.17, 15) is 4.79 Å². The van der Waals surface area contributed by atoms with Crippen LogP contribution in [0.2, 0.25) is 0 Å². The van der Waals surface area contributed by atoms with Gasteiger partial charge in [0.15, 0.2) is 0 Å². The van der Waals surface area contributed by atoms with E-state index in [2.05, 4.69) is 0 Å². The highest BCUT2D eigenvalue weighted by atomic mass is 32.1. The van der Waals surface area contributed by atoms with Crippen molar-refractivity contribution in [3.8, 4) is 0 Å². The van der Waals surface area contributed by atoms with Crippen LogP contribution < -0.4 is 10.6 Å². The second-order valence-electron chi connectivity index (χ2n) is 3.43. The molecule has 1 amide bonds. The van der Waals surface area contributed by atoms with Gasteiger partial charge in [0, 0.05) is 12.7 Å². The number of thiocarbonyl (C=S) groups is 1. The van der Waals surface area contributed by atoms with Crippen molar-refractivity contribution in [2.45, 2.75) is 13.3 Å². The molecule has 1 rings (SSSR count). The SMILES string of the molecule is Cc1cccc(N(C)C(=O)CC(N)=S)c1. The summed E-state index contributed by atoms with van der Waals surface area (Å²) in [7, 11) is 1.72. The Kier molecular flexibility index (Phi) is 3.80. The zero-order valence-electron chi connectivity index (χ0n) is 8.86. The molecule has 0 unspecified atom stereocenters. The molecule has 0 saturated heterocycles. The van der Waals surface area contributed by atoms with Gasteiger partial charge in [-0.05, 0) is 24.6 Å². The van der Waals surface area contributed by atoms with Crippen molar-refractivity contribution in [3.05, 3.63) is 29.8 Å². The minimum absolute atomic E-state index is 0.0897. The van der Waals surface area contributed by atoms with Crippen molar-refractivity contribution in [1.29, 1.82) is 0 Å². The Morgan fingerprint density at radius 2 is 2.20 bits per heavy atom. The fourth-order valence-electron chi connectivity index (χ4n) is 1.25. The third-order valence-corrected chi connectivity index (χ3v) is 2.23. The Balaban J connectivity index is 2.80. The number of rotatable bonds is 3. The maximum Gasteiger partial charge on any atom is 0.233 e. The van der Waals surface area contributed by atoms with Crippen molar-refractivity contribution in [1.82, 2.24) is 0 Å². The Morgan fingerprint density at radius 1 is 1.53 bits per heavy atom. The first-order valence-corrected chi connectivity index (χ1v) is 5.03. The summed E-state index contributed by atoms with van der Waals surface area (Å²) in [5.41, 5.74) is 7.29. The maximum absolute atomic E-state index is 11.6. The Morgan fingerprint density at radius 3 is 2.73 bits per heavy atom. The average Bonchev–Trinajstić information content (AvgIpc) is 2.15. The summed E-state index contributed by atoms with van der Waals surface area (Å²) < 4.78 is 0. The quantitative estimate of drug-likeness (QED) is 0.791. The number of anilines is 1. The summed E-state index contributed by atoms with van der Waals surface area (Å²) in [6.45, 7) is 1.98. The molecule has 3 nitrogen and oxygen atoms in total. The highest BCUT2D eigenvalue weighted by Crippen LogP contribution is 2.14. The molecule has 4 heteroatoms. The third-order valence-electron chi connectivity index (χ3n) is 2.09. The van der Waals surface area contributed by atoms with Crippen LogP contribution in [0.5, 0.6) is 0 Å². The molecule has 0 fully saturated rings. The van der Waals surface area contributed by atoms with Gasteiger partial charge in [-0.2, -0.15) is 0 Å². The Labute approximate surface area is 94.9 Å². The molecule has 0 aliphatic rings. The molecule has 0 radical (unpaired) electrons. The minimum atomic E-state index is -0.0897. The predicted molar refractivity (Wildman–Crippen MR) is 66.0 cm³/mol. The molecule has 0 bridgehead atoms. The molecule has 1 aromatic carbocycles. The molecule has 2 N–H and O–H groups in total. The molecule has 1 aromatic rings. The van der Waals surface area contributed by atoms with Crippen molar-refractivity contribution in [3.63, 3.8) is 0 Å². The van der Waals surface area contributed by atoms with Crippen molar-refractivity contribution >= 4 is 28.8 Å². The largest absolute Gasteiger partial charge is 0.393 e. The minimum Gasteiger partial charge on any atom is -0.393 e. The van der Waals surface area contributed by atoms with Gasteiger partial charge in [0.05, 0.1) is 11.4 Å². The van der Waals surface area contributed by atoms with Gasteiger partial charge < -0.3 is 10.6 Å². The van der Waals surface area contributed by atoms with Crippen LogP contribution in [0, 0.1) is 6.92 Å². The summed E-state index contributed by atoms with van der Waals surface area (Å²) in [4.78, 5) is 13.4. The smallest absolute Gasteiger partial charge is 0.233 e. The fraction of sp³-hybridized carbons (Fsp3) is 0.273. The number of benzene rings is 1. The first kappa shape index (κ1) is 11.7. The van der Waals surface area contributed by atoms with E-state index in [0.717, 1.165) is 11.3 Å². The lowest BCUT2D eigenvalue weighted by atomic mass is 10.2. The number of carbonyl (C=O) groups is 1. The summed E-state index contributed by atoms with van der Waals surface area (Å²) in [5, 5.41) is 0. The van der Waals surface area contributed by atoms with Crippen LogP contribution in [0.15, 0.2) is 24.3 Å². The van der Waals surface area contributed by atoms with Gasteiger partial charge >= 0.3 is 0 Å². The van der Waals surface area contributed by atoms with E-state index in [-0.39, 0.29) is 17.3 Å². The average molecular weight is 222 g/mol. The first-order valence-electron chi connectivity index (χ1n) is 4.62. The van der Waals surface area contributed by atoms with Crippen LogP contribution in [-0.4, -0.2) is 17.9 Å². The zero-order valence-corrected chi connectivity index (χ0v) is 9.67. The van der Waals surface area contributed by atoms with E-state index in [4.69, 9.17) is 18.0 Å². The van der Waals surface area contributed by atoms with E-state index >= 15 is 0 Å². The standard InChI is InChI=1S/C11H14N2OS/c1-8-4-3-5-9(6-8)13(2)11(14)7-10(12)15/h3-6H,7H2,1-2H3,(H2,12,15). The number of nitrogens with two attached hydrogens (primary N) is 1. The van der Waals surface area contributed by atoms with Crippen LogP contribution >= 0.6 is 12.2 Å². The summed E-state index contributed by atoms with van der Waals surface area (Å²) in [6, 6.07) is 7.71. The van der Waals surface area contributed by atoms with Crippen LogP contribution in [-0.2, 0) is 4.79 Å². The highest BCUT2D eigenvalue weighted by molar-refractivity contribution is 7.80. The molecule has 80 valence electrons. The molecule has 0 spiro atoms. The molecule has 15 heavy (non-hydrogen) atoms. The van der Waals surface area contributed by atoms with E-state index < -0.39 is 0 Å². The molecule has 0 heterocycles. The van der Waals surface area contributed by atoms with E-state index in [0.29, 0.717) is 0 Å². The second-order valence-corrected chi connectivity index (χ2v) is 3.96. The molecule has 0 aromatic heterocycles. The van der Waals surface area contributed by atoms with E-state index in [1.54, 1.807) is 11.9 Å². The Bertz CT molecular complexity index is 390. The number of aryl methyl sites for hydroxylation is 1. The zero-order chi connectivity index (χ0) is 11.4. The first-order chi connectivity index (χ1) is 7.00. The van der Waals surface area contributed by atoms with Gasteiger partial charge in [-0.15, -0.1) is 0 Å². The van der Waals surface area contributed by atoms with Gasteiger partial charge in [-0.25, -0.2) is 0 Å². The predicted octanol–water partition coefficient (Wildman–Crippen LogP) is 1.63. The normalized spacial score (nSPS) is 9.73. The van der Waals surface area contributed by atoms with Gasteiger partial charge in [0.2, 0.25) is 5.91 Å². The van der Waals surface area contributed by atoms with E-state index in [1.807, 2.05) is 31.2 Å². The van der Waals surface area contributed by atoms with Crippen LogP contribution in [0.4, 0.5) is 5.69 Å². The summed E-state index contributed by atoms with van der Waals surface area (Å²) in [6.07, 6.45) is 0.111. The van der Waals surface area contributed by atoms with Crippen LogP contribution in [0.1, 0.15) is 12.0 Å². The highest BCUT2D eigenvalue weighted by Gasteiger charge is 2.11. The van der Waals surface area contributed by atoms with Gasteiger partial charge in [0.25, 0.3) is 0 Å². The van der Waals surface area contributed by atoms with Gasteiger partial charge in [0.1, 0.15) is 0 Å². The maximum atomic E-state index is 11.6. The van der Waals surface area contributed by atoms with Crippen LogP contribution in [0.25, 0.3) is 0 Å². The molecular weight excluding hydrogens is 208 g/mol. The topological polar surface area (TPSA) is 46.3 Å².